The highest BCUT2D eigenvalue weighted by atomic mass is 15.1. The Hall–Kier alpha value is -0.890. The highest BCUT2D eigenvalue weighted by molar-refractivity contribution is 5.35. The standard InChI is InChI=1S/C10H16N2/c1-4-9-6-7-12(5-2)8-10(9)11-3/h4H,1,3,5-8H2,2H3. The molecule has 1 aliphatic heterocycles. The highest BCUT2D eigenvalue weighted by Crippen LogP contribution is 2.18. The summed E-state index contributed by atoms with van der Waals surface area (Å²) < 4.78 is 0. The predicted molar refractivity (Wildman–Crippen MR) is 53.5 cm³/mol. The van der Waals surface area contributed by atoms with Crippen LogP contribution >= 0.6 is 0 Å². The van der Waals surface area contributed by atoms with E-state index in [1.165, 1.54) is 5.57 Å². The molecule has 0 aromatic rings. The van der Waals surface area contributed by atoms with E-state index in [0.717, 1.165) is 31.8 Å². The molecule has 0 atom stereocenters. The lowest BCUT2D eigenvalue weighted by atomic mass is 10.1. The van der Waals surface area contributed by atoms with Gasteiger partial charge in [-0.1, -0.05) is 19.6 Å². The minimum Gasteiger partial charge on any atom is -0.297 e. The van der Waals surface area contributed by atoms with E-state index in [9.17, 15) is 0 Å². The molecule has 0 spiro atoms. The fourth-order valence-corrected chi connectivity index (χ4v) is 1.46. The van der Waals surface area contributed by atoms with Crippen LogP contribution in [0.3, 0.4) is 0 Å². The number of hydrogen-bond acceptors (Lipinski definition) is 2. The zero-order valence-corrected chi connectivity index (χ0v) is 7.71. The normalized spacial score (nSPS) is 19.4. The minimum atomic E-state index is 0.932. The molecule has 1 rings (SSSR count). The molecule has 0 bridgehead atoms. The van der Waals surface area contributed by atoms with Gasteiger partial charge in [-0.05, 0) is 25.3 Å². The molecule has 0 aromatic carbocycles. The van der Waals surface area contributed by atoms with Crippen LogP contribution in [0.2, 0.25) is 0 Å². The molecule has 66 valence electrons. The minimum absolute atomic E-state index is 0.932. The van der Waals surface area contributed by atoms with E-state index in [-0.39, 0.29) is 0 Å². The molecule has 12 heavy (non-hydrogen) atoms. The van der Waals surface area contributed by atoms with Crippen molar-refractivity contribution in [2.24, 2.45) is 4.99 Å². The van der Waals surface area contributed by atoms with E-state index in [2.05, 4.69) is 30.1 Å². The van der Waals surface area contributed by atoms with Gasteiger partial charge in [-0.2, -0.15) is 0 Å². The Bertz CT molecular complexity index is 216. The second-order valence-electron chi connectivity index (χ2n) is 2.95. The number of allylic oxidation sites excluding steroid dienone is 1. The predicted octanol–water partition coefficient (Wildman–Crippen LogP) is 1.85. The Labute approximate surface area is 74.3 Å². The third-order valence-electron chi connectivity index (χ3n) is 2.33. The summed E-state index contributed by atoms with van der Waals surface area (Å²) in [6, 6.07) is 0. The fraction of sp³-hybridized carbons (Fsp3) is 0.500. The molecular formula is C10H16N2. The van der Waals surface area contributed by atoms with E-state index < -0.39 is 0 Å². The quantitative estimate of drug-likeness (QED) is 0.581. The molecule has 0 aromatic heterocycles. The van der Waals surface area contributed by atoms with Gasteiger partial charge in [0.25, 0.3) is 0 Å². The molecule has 1 heterocycles. The summed E-state index contributed by atoms with van der Waals surface area (Å²) in [5.41, 5.74) is 2.35. The van der Waals surface area contributed by atoms with Crippen molar-refractivity contribution in [2.75, 3.05) is 19.6 Å². The van der Waals surface area contributed by atoms with Gasteiger partial charge in [-0.3, -0.25) is 9.89 Å². The molecule has 0 saturated carbocycles. The summed E-state index contributed by atoms with van der Waals surface area (Å²) in [5, 5.41) is 0. The first-order valence-electron chi connectivity index (χ1n) is 4.35. The second-order valence-corrected chi connectivity index (χ2v) is 2.95. The number of nitrogens with zero attached hydrogens (tertiary/aromatic N) is 2. The Balaban J connectivity index is 2.76. The van der Waals surface area contributed by atoms with Gasteiger partial charge in [0.1, 0.15) is 0 Å². The van der Waals surface area contributed by atoms with E-state index in [4.69, 9.17) is 0 Å². The van der Waals surface area contributed by atoms with Crippen LogP contribution in [0.25, 0.3) is 0 Å². The van der Waals surface area contributed by atoms with Gasteiger partial charge in [0.2, 0.25) is 0 Å². The van der Waals surface area contributed by atoms with Gasteiger partial charge in [0.15, 0.2) is 0 Å². The van der Waals surface area contributed by atoms with Crippen molar-refractivity contribution in [3.63, 3.8) is 0 Å². The van der Waals surface area contributed by atoms with Crippen LogP contribution in [-0.2, 0) is 0 Å². The summed E-state index contributed by atoms with van der Waals surface area (Å²) in [6.07, 6.45) is 2.96. The van der Waals surface area contributed by atoms with Crippen molar-refractivity contribution >= 4 is 6.72 Å². The maximum absolute atomic E-state index is 4.01. The molecule has 0 unspecified atom stereocenters. The van der Waals surface area contributed by atoms with Gasteiger partial charge in [0, 0.05) is 13.1 Å². The Kier molecular flexibility index (Phi) is 3.23. The Morgan fingerprint density at radius 2 is 2.42 bits per heavy atom. The fourth-order valence-electron chi connectivity index (χ4n) is 1.46. The number of likely N-dealkylation sites (N-methyl/N-ethyl adjacent to an activating group) is 1. The van der Waals surface area contributed by atoms with E-state index in [1.54, 1.807) is 0 Å². The molecular weight excluding hydrogens is 148 g/mol. The lowest BCUT2D eigenvalue weighted by molar-refractivity contribution is 0.301. The third kappa shape index (κ3) is 1.83. The van der Waals surface area contributed by atoms with Gasteiger partial charge in [0.05, 0.1) is 5.70 Å². The largest absolute Gasteiger partial charge is 0.297 e. The van der Waals surface area contributed by atoms with Crippen molar-refractivity contribution in [3.8, 4) is 0 Å². The Morgan fingerprint density at radius 3 is 2.92 bits per heavy atom. The summed E-state index contributed by atoms with van der Waals surface area (Å²) in [6.45, 7) is 12.6. The highest BCUT2D eigenvalue weighted by Gasteiger charge is 2.14. The number of rotatable bonds is 3. The van der Waals surface area contributed by atoms with Gasteiger partial charge < -0.3 is 0 Å². The molecule has 0 amide bonds. The molecule has 1 aliphatic rings. The zero-order valence-electron chi connectivity index (χ0n) is 7.71. The molecule has 0 saturated heterocycles. The first-order valence-corrected chi connectivity index (χ1v) is 4.35. The van der Waals surface area contributed by atoms with Gasteiger partial charge >= 0.3 is 0 Å². The van der Waals surface area contributed by atoms with Crippen LogP contribution in [0.5, 0.6) is 0 Å². The molecule has 0 aliphatic carbocycles. The summed E-state index contributed by atoms with van der Waals surface area (Å²) in [4.78, 5) is 6.37. The Morgan fingerprint density at radius 1 is 1.67 bits per heavy atom. The van der Waals surface area contributed by atoms with Crippen LogP contribution in [0.15, 0.2) is 28.9 Å². The average Bonchev–Trinajstić information content (AvgIpc) is 2.16. The van der Waals surface area contributed by atoms with Crippen molar-refractivity contribution < 1.29 is 0 Å². The summed E-state index contributed by atoms with van der Waals surface area (Å²) >= 11 is 0. The van der Waals surface area contributed by atoms with E-state index in [1.807, 2.05) is 6.08 Å². The number of aliphatic imine (C=N–C) groups is 1. The maximum atomic E-state index is 4.01. The SMILES string of the molecule is C=CC1=C(N=C)CN(CC)CC1. The number of hydrogen-bond donors (Lipinski definition) is 0. The van der Waals surface area contributed by atoms with Crippen LogP contribution < -0.4 is 0 Å². The molecule has 0 N–H and O–H groups in total. The zero-order chi connectivity index (χ0) is 8.97. The van der Waals surface area contributed by atoms with Gasteiger partial charge in [-0.15, -0.1) is 0 Å². The van der Waals surface area contributed by atoms with Crippen LogP contribution in [0, 0.1) is 0 Å². The topological polar surface area (TPSA) is 15.6 Å². The lowest BCUT2D eigenvalue weighted by Gasteiger charge is -2.26. The first-order chi connectivity index (χ1) is 5.81. The summed E-state index contributed by atoms with van der Waals surface area (Å²) in [7, 11) is 0. The lowest BCUT2D eigenvalue weighted by Crippen LogP contribution is -2.30. The van der Waals surface area contributed by atoms with Crippen molar-refractivity contribution in [3.05, 3.63) is 23.9 Å². The van der Waals surface area contributed by atoms with Crippen molar-refractivity contribution in [1.29, 1.82) is 0 Å². The van der Waals surface area contributed by atoms with Crippen molar-refractivity contribution in [2.45, 2.75) is 13.3 Å². The maximum Gasteiger partial charge on any atom is 0.0568 e. The second kappa shape index (κ2) is 4.21. The third-order valence-corrected chi connectivity index (χ3v) is 2.33. The van der Waals surface area contributed by atoms with Gasteiger partial charge in [-0.25, -0.2) is 0 Å². The van der Waals surface area contributed by atoms with E-state index >= 15 is 0 Å². The molecule has 2 heteroatoms. The molecule has 0 radical (unpaired) electrons. The van der Waals surface area contributed by atoms with Crippen LogP contribution in [-0.4, -0.2) is 31.3 Å². The smallest absolute Gasteiger partial charge is 0.0568 e. The van der Waals surface area contributed by atoms with Crippen LogP contribution in [0.4, 0.5) is 0 Å². The van der Waals surface area contributed by atoms with E-state index in [0.29, 0.717) is 0 Å². The molecule has 2 nitrogen and oxygen atoms in total. The van der Waals surface area contributed by atoms with Crippen molar-refractivity contribution in [1.82, 2.24) is 4.90 Å². The average molecular weight is 164 g/mol. The monoisotopic (exact) mass is 164 g/mol. The first kappa shape index (κ1) is 9.20. The van der Waals surface area contributed by atoms with Crippen LogP contribution in [0.1, 0.15) is 13.3 Å². The summed E-state index contributed by atoms with van der Waals surface area (Å²) in [5.74, 6) is 0. The molecule has 0 fully saturated rings.